The van der Waals surface area contributed by atoms with Crippen LogP contribution in [0.25, 0.3) is 0 Å². The second-order valence-corrected chi connectivity index (χ2v) is 3.51. The lowest BCUT2D eigenvalue weighted by molar-refractivity contribution is -0.137. The lowest BCUT2D eigenvalue weighted by Crippen LogP contribution is -2.10. The molecule has 0 amide bonds. The Kier molecular flexibility index (Phi) is 2.69. The molecule has 0 fully saturated rings. The Hall–Kier alpha value is -0.530. The molecule has 0 aliphatic carbocycles. The first-order valence-corrected chi connectivity index (χ1v) is 4.22. The molecule has 0 spiro atoms. The summed E-state index contributed by atoms with van der Waals surface area (Å²) in [6.45, 7) is 0. The minimum Gasteiger partial charge on any atom is -0.397 e. The van der Waals surface area contributed by atoms with Crippen LogP contribution in [0.5, 0.6) is 0 Å². The third kappa shape index (κ3) is 2.23. The van der Waals surface area contributed by atoms with Crippen molar-refractivity contribution >= 4 is 28.3 Å². The van der Waals surface area contributed by atoms with Gasteiger partial charge in [0.2, 0.25) is 0 Å². The third-order valence-corrected chi connectivity index (χ3v) is 2.29. The fourth-order valence-electron chi connectivity index (χ4n) is 0.819. The van der Waals surface area contributed by atoms with Crippen LogP contribution in [-0.2, 0) is 6.18 Å². The van der Waals surface area contributed by atoms with Crippen molar-refractivity contribution in [3.05, 3.63) is 27.1 Å². The van der Waals surface area contributed by atoms with Crippen LogP contribution in [0.2, 0.25) is 0 Å². The number of halogens is 5. The summed E-state index contributed by atoms with van der Waals surface area (Å²) in [5, 5.41) is 0. The molecule has 0 saturated heterocycles. The summed E-state index contributed by atoms with van der Waals surface area (Å²) in [6.07, 6.45) is -4.61. The first-order chi connectivity index (χ1) is 5.82. The van der Waals surface area contributed by atoms with Crippen LogP contribution < -0.4 is 5.73 Å². The van der Waals surface area contributed by atoms with Crippen molar-refractivity contribution in [2.75, 3.05) is 5.73 Å². The second-order valence-electron chi connectivity index (χ2n) is 2.35. The Bertz CT molecular complexity index is 334. The predicted molar refractivity (Wildman–Crippen MR) is 48.5 cm³/mol. The molecule has 2 N–H and O–H groups in total. The number of nitrogen functional groups attached to an aromatic ring is 1. The molecule has 0 unspecified atom stereocenters. The van der Waals surface area contributed by atoms with E-state index in [4.69, 9.17) is 5.73 Å². The average Bonchev–Trinajstić information content (AvgIpc) is 1.94. The van der Waals surface area contributed by atoms with Crippen LogP contribution in [0, 0.1) is 9.39 Å². The predicted octanol–water partition coefficient (Wildman–Crippen LogP) is 3.03. The summed E-state index contributed by atoms with van der Waals surface area (Å²) < 4.78 is 49.1. The van der Waals surface area contributed by atoms with Crippen molar-refractivity contribution in [3.63, 3.8) is 0 Å². The van der Waals surface area contributed by atoms with Crippen LogP contribution in [0.15, 0.2) is 12.1 Å². The Labute approximate surface area is 85.1 Å². The number of hydrogen-bond acceptors (Lipinski definition) is 1. The smallest absolute Gasteiger partial charge is 0.397 e. The topological polar surface area (TPSA) is 26.0 Å². The third-order valence-electron chi connectivity index (χ3n) is 1.40. The molecular weight excluding hydrogens is 301 g/mol. The highest BCUT2D eigenvalue weighted by atomic mass is 127. The highest BCUT2D eigenvalue weighted by Gasteiger charge is 2.34. The van der Waals surface area contributed by atoms with Crippen molar-refractivity contribution in [3.8, 4) is 0 Å². The Morgan fingerprint density at radius 2 is 1.77 bits per heavy atom. The molecule has 1 aromatic carbocycles. The highest BCUT2D eigenvalue weighted by Crippen LogP contribution is 2.35. The first-order valence-electron chi connectivity index (χ1n) is 3.14. The standard InChI is InChI=1S/C7H4F4IN/c8-3-1-4(7(9,10)11)6(13)5(12)2-3/h1-2H,13H2. The van der Waals surface area contributed by atoms with Gasteiger partial charge in [0, 0.05) is 3.57 Å². The molecule has 0 bridgehead atoms. The van der Waals surface area contributed by atoms with E-state index in [0.717, 1.165) is 6.07 Å². The molecule has 1 rings (SSSR count). The van der Waals surface area contributed by atoms with Gasteiger partial charge in [-0.3, -0.25) is 0 Å². The number of benzene rings is 1. The Morgan fingerprint density at radius 3 is 2.23 bits per heavy atom. The lowest BCUT2D eigenvalue weighted by Gasteiger charge is -2.10. The summed E-state index contributed by atoms with van der Waals surface area (Å²) in [6, 6.07) is 1.34. The largest absolute Gasteiger partial charge is 0.418 e. The van der Waals surface area contributed by atoms with Gasteiger partial charge in [0.25, 0.3) is 0 Å². The Balaban J connectivity index is 3.37. The minimum atomic E-state index is -4.61. The molecule has 0 aliphatic heterocycles. The van der Waals surface area contributed by atoms with E-state index in [1.54, 1.807) is 22.6 Å². The van der Waals surface area contributed by atoms with Gasteiger partial charge >= 0.3 is 6.18 Å². The van der Waals surface area contributed by atoms with Crippen molar-refractivity contribution < 1.29 is 17.6 Å². The van der Waals surface area contributed by atoms with Gasteiger partial charge in [-0.25, -0.2) is 4.39 Å². The van der Waals surface area contributed by atoms with E-state index in [2.05, 4.69) is 0 Å². The molecule has 0 heterocycles. The van der Waals surface area contributed by atoms with Crippen LogP contribution in [0.1, 0.15) is 5.56 Å². The summed E-state index contributed by atoms with van der Waals surface area (Å²) >= 11 is 1.55. The summed E-state index contributed by atoms with van der Waals surface area (Å²) in [7, 11) is 0. The number of alkyl halides is 3. The number of rotatable bonds is 0. The zero-order valence-corrected chi connectivity index (χ0v) is 8.28. The van der Waals surface area contributed by atoms with Gasteiger partial charge < -0.3 is 5.73 Å². The van der Waals surface area contributed by atoms with E-state index in [-0.39, 0.29) is 3.57 Å². The van der Waals surface area contributed by atoms with Crippen molar-refractivity contribution in [2.45, 2.75) is 6.18 Å². The molecular formula is C7H4F4IN. The summed E-state index contributed by atoms with van der Waals surface area (Å²) in [5.41, 5.74) is 3.58. The molecule has 0 atom stereocenters. The SMILES string of the molecule is Nc1c(I)cc(F)cc1C(F)(F)F. The van der Waals surface area contributed by atoms with Crippen molar-refractivity contribution in [2.24, 2.45) is 0 Å². The van der Waals surface area contributed by atoms with Crippen LogP contribution in [0.4, 0.5) is 23.2 Å². The van der Waals surface area contributed by atoms with E-state index in [9.17, 15) is 17.6 Å². The zero-order chi connectivity index (χ0) is 10.2. The first kappa shape index (κ1) is 10.6. The molecule has 0 saturated carbocycles. The molecule has 6 heteroatoms. The van der Waals surface area contributed by atoms with Gasteiger partial charge in [0.1, 0.15) is 5.82 Å². The average molecular weight is 305 g/mol. The second kappa shape index (κ2) is 3.32. The van der Waals surface area contributed by atoms with Gasteiger partial charge in [-0.2, -0.15) is 13.2 Å². The molecule has 0 aromatic heterocycles. The number of anilines is 1. The van der Waals surface area contributed by atoms with E-state index < -0.39 is 23.2 Å². The maximum Gasteiger partial charge on any atom is 0.418 e. The lowest BCUT2D eigenvalue weighted by atomic mass is 10.2. The van der Waals surface area contributed by atoms with Gasteiger partial charge in [-0.05, 0) is 34.7 Å². The van der Waals surface area contributed by atoms with Crippen molar-refractivity contribution in [1.29, 1.82) is 0 Å². The van der Waals surface area contributed by atoms with Gasteiger partial charge in [0.05, 0.1) is 11.3 Å². The van der Waals surface area contributed by atoms with E-state index in [1.165, 1.54) is 0 Å². The van der Waals surface area contributed by atoms with E-state index >= 15 is 0 Å². The summed E-state index contributed by atoms with van der Waals surface area (Å²) in [4.78, 5) is 0. The van der Waals surface area contributed by atoms with Crippen LogP contribution >= 0.6 is 22.6 Å². The normalized spacial score (nSPS) is 11.8. The minimum absolute atomic E-state index is 0.0601. The Morgan fingerprint density at radius 1 is 1.23 bits per heavy atom. The molecule has 0 aliphatic rings. The van der Waals surface area contributed by atoms with E-state index in [1.807, 2.05) is 0 Å². The maximum atomic E-state index is 12.6. The molecule has 1 nitrogen and oxygen atoms in total. The maximum absolute atomic E-state index is 12.6. The highest BCUT2D eigenvalue weighted by molar-refractivity contribution is 14.1. The molecule has 1 aromatic rings. The monoisotopic (exact) mass is 305 g/mol. The molecule has 13 heavy (non-hydrogen) atoms. The fraction of sp³-hybridized carbons (Fsp3) is 0.143. The van der Waals surface area contributed by atoms with E-state index in [0.29, 0.717) is 6.07 Å². The molecule has 0 radical (unpaired) electrons. The summed E-state index contributed by atoms with van der Waals surface area (Å²) in [5.74, 6) is -0.939. The molecule has 72 valence electrons. The zero-order valence-electron chi connectivity index (χ0n) is 6.12. The van der Waals surface area contributed by atoms with Crippen LogP contribution in [0.3, 0.4) is 0 Å². The van der Waals surface area contributed by atoms with Crippen molar-refractivity contribution in [1.82, 2.24) is 0 Å². The fourth-order valence-corrected chi connectivity index (χ4v) is 1.41. The number of nitrogens with two attached hydrogens (primary N) is 1. The van der Waals surface area contributed by atoms with Gasteiger partial charge in [-0.1, -0.05) is 0 Å². The van der Waals surface area contributed by atoms with Crippen LogP contribution in [-0.4, -0.2) is 0 Å². The quantitative estimate of drug-likeness (QED) is 0.445. The van der Waals surface area contributed by atoms with Gasteiger partial charge in [-0.15, -0.1) is 0 Å². The van der Waals surface area contributed by atoms with Gasteiger partial charge in [0.15, 0.2) is 0 Å². The number of hydrogen-bond donors (Lipinski definition) is 1.